The van der Waals surface area contributed by atoms with E-state index in [2.05, 4.69) is 43.0 Å². The van der Waals surface area contributed by atoms with Gasteiger partial charge >= 0.3 is 0 Å². The standard InChI is InChI=1S/C19H26N2O/c1-4-21(14-17-6-5-7-18(20)13-17)15(2)12-16-8-10-19(22-3)11-9-16/h5-11,13,15H,4,12,14,20H2,1-3H3. The van der Waals surface area contributed by atoms with Gasteiger partial charge in [-0.1, -0.05) is 31.2 Å². The monoisotopic (exact) mass is 298 g/mol. The van der Waals surface area contributed by atoms with Crippen molar-refractivity contribution in [3.05, 3.63) is 59.7 Å². The van der Waals surface area contributed by atoms with Crippen molar-refractivity contribution in [1.82, 2.24) is 4.90 Å². The summed E-state index contributed by atoms with van der Waals surface area (Å²) in [4.78, 5) is 2.47. The van der Waals surface area contributed by atoms with E-state index in [4.69, 9.17) is 10.5 Å². The lowest BCUT2D eigenvalue weighted by Crippen LogP contribution is -2.34. The van der Waals surface area contributed by atoms with E-state index in [0.717, 1.165) is 30.9 Å². The van der Waals surface area contributed by atoms with Gasteiger partial charge in [-0.3, -0.25) is 4.90 Å². The van der Waals surface area contributed by atoms with E-state index in [1.165, 1.54) is 11.1 Å². The fraction of sp³-hybridized carbons (Fsp3) is 0.368. The third kappa shape index (κ3) is 4.50. The quantitative estimate of drug-likeness (QED) is 0.792. The molecule has 0 aliphatic rings. The van der Waals surface area contributed by atoms with E-state index in [-0.39, 0.29) is 0 Å². The Labute approximate surface area is 133 Å². The largest absolute Gasteiger partial charge is 0.497 e. The first-order valence-corrected chi connectivity index (χ1v) is 7.83. The van der Waals surface area contributed by atoms with Gasteiger partial charge in [-0.25, -0.2) is 0 Å². The predicted molar refractivity (Wildman–Crippen MR) is 93.1 cm³/mol. The highest BCUT2D eigenvalue weighted by molar-refractivity contribution is 5.40. The van der Waals surface area contributed by atoms with E-state index in [1.54, 1.807) is 7.11 Å². The van der Waals surface area contributed by atoms with Crippen molar-refractivity contribution in [3.8, 4) is 5.75 Å². The van der Waals surface area contributed by atoms with Gasteiger partial charge < -0.3 is 10.5 Å². The van der Waals surface area contributed by atoms with Crippen molar-refractivity contribution in [2.45, 2.75) is 32.9 Å². The highest BCUT2D eigenvalue weighted by Crippen LogP contribution is 2.17. The van der Waals surface area contributed by atoms with Crippen LogP contribution in [0.15, 0.2) is 48.5 Å². The number of rotatable bonds is 7. The molecule has 0 spiro atoms. The Morgan fingerprint density at radius 3 is 2.41 bits per heavy atom. The summed E-state index contributed by atoms with van der Waals surface area (Å²) in [5.74, 6) is 0.906. The Hall–Kier alpha value is -2.00. The van der Waals surface area contributed by atoms with Crippen molar-refractivity contribution in [1.29, 1.82) is 0 Å². The third-order valence-corrected chi connectivity index (χ3v) is 4.06. The van der Waals surface area contributed by atoms with Gasteiger partial charge in [0.2, 0.25) is 0 Å². The molecule has 0 saturated heterocycles. The van der Waals surface area contributed by atoms with Gasteiger partial charge in [-0.05, 0) is 55.3 Å². The number of nitrogen functional groups attached to an aromatic ring is 1. The number of benzene rings is 2. The number of hydrogen-bond donors (Lipinski definition) is 1. The van der Waals surface area contributed by atoms with E-state index in [0.29, 0.717) is 6.04 Å². The Balaban J connectivity index is 2.00. The minimum atomic E-state index is 0.472. The summed E-state index contributed by atoms with van der Waals surface area (Å²) in [5, 5.41) is 0. The molecule has 3 nitrogen and oxygen atoms in total. The lowest BCUT2D eigenvalue weighted by atomic mass is 10.0. The molecule has 0 amide bonds. The molecule has 0 bridgehead atoms. The summed E-state index contributed by atoms with van der Waals surface area (Å²) in [5.41, 5.74) is 9.30. The number of ether oxygens (including phenoxy) is 1. The second-order valence-electron chi connectivity index (χ2n) is 5.71. The summed E-state index contributed by atoms with van der Waals surface area (Å²) < 4.78 is 5.21. The Morgan fingerprint density at radius 2 is 1.82 bits per heavy atom. The van der Waals surface area contributed by atoms with Gasteiger partial charge in [0.1, 0.15) is 5.75 Å². The Kier molecular flexibility index (Phi) is 5.84. The van der Waals surface area contributed by atoms with Crippen molar-refractivity contribution in [2.24, 2.45) is 0 Å². The van der Waals surface area contributed by atoms with Gasteiger partial charge in [0.05, 0.1) is 7.11 Å². The SMILES string of the molecule is CCN(Cc1cccc(N)c1)C(C)Cc1ccc(OC)cc1. The first kappa shape index (κ1) is 16.4. The zero-order valence-corrected chi connectivity index (χ0v) is 13.8. The topological polar surface area (TPSA) is 38.5 Å². The summed E-state index contributed by atoms with van der Waals surface area (Å²) in [6.45, 7) is 6.43. The van der Waals surface area contributed by atoms with Gasteiger partial charge in [0.15, 0.2) is 0 Å². The van der Waals surface area contributed by atoms with Crippen LogP contribution in [-0.4, -0.2) is 24.6 Å². The molecule has 2 N–H and O–H groups in total. The van der Waals surface area contributed by atoms with Crippen molar-refractivity contribution >= 4 is 5.69 Å². The van der Waals surface area contributed by atoms with Crippen molar-refractivity contribution < 1.29 is 4.74 Å². The normalized spacial score (nSPS) is 12.4. The molecule has 0 heterocycles. The highest BCUT2D eigenvalue weighted by atomic mass is 16.5. The molecular formula is C19H26N2O. The lowest BCUT2D eigenvalue weighted by molar-refractivity contribution is 0.209. The third-order valence-electron chi connectivity index (χ3n) is 4.06. The fourth-order valence-electron chi connectivity index (χ4n) is 2.74. The molecule has 2 aromatic carbocycles. The van der Waals surface area contributed by atoms with E-state index in [1.807, 2.05) is 24.3 Å². The van der Waals surface area contributed by atoms with E-state index in [9.17, 15) is 0 Å². The second kappa shape index (κ2) is 7.85. The van der Waals surface area contributed by atoms with Crippen LogP contribution in [0.1, 0.15) is 25.0 Å². The minimum Gasteiger partial charge on any atom is -0.497 e. The fourth-order valence-corrected chi connectivity index (χ4v) is 2.74. The predicted octanol–water partition coefficient (Wildman–Crippen LogP) is 3.73. The zero-order valence-electron chi connectivity index (χ0n) is 13.8. The molecule has 3 heteroatoms. The molecule has 0 radical (unpaired) electrons. The number of nitrogens with two attached hydrogens (primary N) is 1. The molecule has 0 aliphatic carbocycles. The van der Waals surface area contributed by atoms with Crippen molar-refractivity contribution in [3.63, 3.8) is 0 Å². The lowest BCUT2D eigenvalue weighted by Gasteiger charge is -2.28. The summed E-state index contributed by atoms with van der Waals surface area (Å²) in [7, 11) is 1.70. The van der Waals surface area contributed by atoms with Crippen LogP contribution in [0.25, 0.3) is 0 Å². The van der Waals surface area contributed by atoms with Crippen LogP contribution in [-0.2, 0) is 13.0 Å². The second-order valence-corrected chi connectivity index (χ2v) is 5.71. The first-order chi connectivity index (χ1) is 10.6. The van der Waals surface area contributed by atoms with Crippen LogP contribution in [0.2, 0.25) is 0 Å². The van der Waals surface area contributed by atoms with Crippen LogP contribution in [0.3, 0.4) is 0 Å². The number of likely N-dealkylation sites (N-methyl/N-ethyl adjacent to an activating group) is 1. The van der Waals surface area contributed by atoms with Crippen LogP contribution in [0.5, 0.6) is 5.75 Å². The van der Waals surface area contributed by atoms with Crippen molar-refractivity contribution in [2.75, 3.05) is 19.4 Å². The summed E-state index contributed by atoms with van der Waals surface area (Å²) in [6.07, 6.45) is 1.03. The number of nitrogens with zero attached hydrogens (tertiary/aromatic N) is 1. The zero-order chi connectivity index (χ0) is 15.9. The Bertz CT molecular complexity index is 580. The molecule has 0 saturated carbocycles. The molecule has 0 fully saturated rings. The van der Waals surface area contributed by atoms with E-state index < -0.39 is 0 Å². The molecular weight excluding hydrogens is 272 g/mol. The molecule has 0 aliphatic heterocycles. The van der Waals surface area contributed by atoms with Crippen LogP contribution < -0.4 is 10.5 Å². The smallest absolute Gasteiger partial charge is 0.118 e. The number of hydrogen-bond acceptors (Lipinski definition) is 3. The highest BCUT2D eigenvalue weighted by Gasteiger charge is 2.13. The maximum absolute atomic E-state index is 5.87. The summed E-state index contributed by atoms with van der Waals surface area (Å²) >= 11 is 0. The molecule has 1 atom stereocenters. The average molecular weight is 298 g/mol. The summed E-state index contributed by atoms with van der Waals surface area (Å²) in [6, 6.07) is 17.0. The van der Waals surface area contributed by atoms with Gasteiger partial charge in [-0.15, -0.1) is 0 Å². The first-order valence-electron chi connectivity index (χ1n) is 7.83. The molecule has 22 heavy (non-hydrogen) atoms. The van der Waals surface area contributed by atoms with Gasteiger partial charge in [0, 0.05) is 18.3 Å². The molecule has 2 rings (SSSR count). The molecule has 0 aromatic heterocycles. The molecule has 118 valence electrons. The maximum atomic E-state index is 5.87. The van der Waals surface area contributed by atoms with Crippen LogP contribution >= 0.6 is 0 Å². The maximum Gasteiger partial charge on any atom is 0.118 e. The number of anilines is 1. The van der Waals surface area contributed by atoms with Gasteiger partial charge in [-0.2, -0.15) is 0 Å². The van der Waals surface area contributed by atoms with Crippen LogP contribution in [0, 0.1) is 0 Å². The molecule has 2 aromatic rings. The Morgan fingerprint density at radius 1 is 1.09 bits per heavy atom. The van der Waals surface area contributed by atoms with Gasteiger partial charge in [0.25, 0.3) is 0 Å². The van der Waals surface area contributed by atoms with E-state index >= 15 is 0 Å². The number of methoxy groups -OCH3 is 1. The molecule has 1 unspecified atom stereocenters. The van der Waals surface area contributed by atoms with Crippen LogP contribution in [0.4, 0.5) is 5.69 Å². The average Bonchev–Trinajstić information content (AvgIpc) is 2.53. The minimum absolute atomic E-state index is 0.472.